The zero-order valence-corrected chi connectivity index (χ0v) is 10.2. The normalized spacial score (nSPS) is 24.5. The molecule has 1 aliphatic carbocycles. The van der Waals surface area contributed by atoms with E-state index in [1.807, 2.05) is 0 Å². The van der Waals surface area contributed by atoms with Gasteiger partial charge < -0.3 is 14.7 Å². The van der Waals surface area contributed by atoms with Gasteiger partial charge in [0.05, 0.1) is 5.92 Å². The van der Waals surface area contributed by atoms with Gasteiger partial charge in [-0.1, -0.05) is 0 Å². The van der Waals surface area contributed by atoms with E-state index in [1.54, 1.807) is 27.8 Å². The molecular formula is C11H19NO4. The molecular weight excluding hydrogens is 210 g/mol. The number of carbonyl (C=O) groups is 2. The molecule has 0 spiro atoms. The molecule has 1 N–H and O–H groups in total. The quantitative estimate of drug-likeness (QED) is 0.782. The summed E-state index contributed by atoms with van der Waals surface area (Å²) in [4.78, 5) is 23.7. The molecule has 0 aliphatic heterocycles. The molecule has 1 fully saturated rings. The first-order chi connectivity index (χ1) is 7.20. The number of hydrogen-bond acceptors (Lipinski definition) is 3. The molecule has 0 aromatic carbocycles. The molecule has 0 heterocycles. The number of amides is 1. The molecule has 1 amide bonds. The van der Waals surface area contributed by atoms with Crippen LogP contribution in [0.4, 0.5) is 4.79 Å². The van der Waals surface area contributed by atoms with E-state index >= 15 is 0 Å². The summed E-state index contributed by atoms with van der Waals surface area (Å²) < 4.78 is 5.19. The van der Waals surface area contributed by atoms with Gasteiger partial charge in [-0.05, 0) is 33.6 Å². The van der Waals surface area contributed by atoms with E-state index in [4.69, 9.17) is 9.84 Å². The van der Waals surface area contributed by atoms with Crippen molar-refractivity contribution in [1.29, 1.82) is 0 Å². The smallest absolute Gasteiger partial charge is 0.410 e. The lowest BCUT2D eigenvalue weighted by Crippen LogP contribution is -2.49. The topological polar surface area (TPSA) is 66.8 Å². The monoisotopic (exact) mass is 229 g/mol. The lowest BCUT2D eigenvalue weighted by molar-refractivity contribution is -0.146. The highest BCUT2D eigenvalue weighted by atomic mass is 16.6. The fraction of sp³-hybridized carbons (Fsp3) is 0.818. The van der Waals surface area contributed by atoms with Gasteiger partial charge in [0.15, 0.2) is 0 Å². The van der Waals surface area contributed by atoms with Crippen molar-refractivity contribution in [3.05, 3.63) is 0 Å². The van der Waals surface area contributed by atoms with Crippen molar-refractivity contribution in [3.63, 3.8) is 0 Å². The summed E-state index contributed by atoms with van der Waals surface area (Å²) in [7, 11) is 1.65. The minimum atomic E-state index is -0.783. The van der Waals surface area contributed by atoms with Crippen LogP contribution in [0.15, 0.2) is 0 Å². The summed E-state index contributed by atoms with van der Waals surface area (Å²) in [5, 5.41) is 8.72. The molecule has 0 unspecified atom stereocenters. The average molecular weight is 229 g/mol. The van der Waals surface area contributed by atoms with Crippen molar-refractivity contribution in [2.45, 2.75) is 45.3 Å². The van der Waals surface area contributed by atoms with Crippen LogP contribution >= 0.6 is 0 Å². The highest BCUT2D eigenvalue weighted by Crippen LogP contribution is 2.31. The second-order valence-electron chi connectivity index (χ2n) is 5.25. The van der Waals surface area contributed by atoms with Crippen molar-refractivity contribution in [3.8, 4) is 0 Å². The van der Waals surface area contributed by atoms with Gasteiger partial charge in [-0.15, -0.1) is 0 Å². The maximum atomic E-state index is 11.6. The first-order valence-electron chi connectivity index (χ1n) is 5.39. The van der Waals surface area contributed by atoms with Crippen LogP contribution in [0, 0.1) is 5.92 Å². The highest BCUT2D eigenvalue weighted by Gasteiger charge is 2.39. The molecule has 5 nitrogen and oxygen atoms in total. The molecule has 0 aromatic heterocycles. The Morgan fingerprint density at radius 2 is 1.81 bits per heavy atom. The third-order valence-corrected chi connectivity index (χ3v) is 2.69. The van der Waals surface area contributed by atoms with Crippen molar-refractivity contribution in [2.75, 3.05) is 7.05 Å². The van der Waals surface area contributed by atoms with Crippen LogP contribution in [-0.2, 0) is 9.53 Å². The Morgan fingerprint density at radius 1 is 1.31 bits per heavy atom. The Labute approximate surface area is 95.4 Å². The van der Waals surface area contributed by atoms with Gasteiger partial charge in [0.1, 0.15) is 5.60 Å². The summed E-state index contributed by atoms with van der Waals surface area (Å²) in [6.45, 7) is 5.42. The van der Waals surface area contributed by atoms with Crippen LogP contribution in [0.2, 0.25) is 0 Å². The third-order valence-electron chi connectivity index (χ3n) is 2.69. The largest absolute Gasteiger partial charge is 0.481 e. The fourth-order valence-corrected chi connectivity index (χ4v) is 1.59. The predicted molar refractivity (Wildman–Crippen MR) is 58.1 cm³/mol. The fourth-order valence-electron chi connectivity index (χ4n) is 1.59. The number of ether oxygens (including phenoxy) is 1. The van der Waals surface area contributed by atoms with E-state index in [9.17, 15) is 9.59 Å². The molecule has 0 saturated heterocycles. The minimum absolute atomic E-state index is 0.00375. The summed E-state index contributed by atoms with van der Waals surface area (Å²) in [6, 6.07) is -0.00375. The number of carboxylic acids is 1. The molecule has 0 aromatic rings. The summed E-state index contributed by atoms with van der Waals surface area (Å²) in [5.41, 5.74) is -0.513. The lowest BCUT2D eigenvalue weighted by atomic mass is 9.80. The van der Waals surface area contributed by atoms with Crippen LogP contribution < -0.4 is 0 Å². The molecule has 0 bridgehead atoms. The van der Waals surface area contributed by atoms with Gasteiger partial charge in [-0.25, -0.2) is 4.79 Å². The summed E-state index contributed by atoms with van der Waals surface area (Å²) in [5.74, 6) is -1.09. The second kappa shape index (κ2) is 4.31. The van der Waals surface area contributed by atoms with E-state index in [0.29, 0.717) is 12.8 Å². The van der Waals surface area contributed by atoms with Crippen molar-refractivity contribution in [2.24, 2.45) is 5.92 Å². The first-order valence-corrected chi connectivity index (χ1v) is 5.39. The van der Waals surface area contributed by atoms with Crippen molar-refractivity contribution >= 4 is 12.1 Å². The summed E-state index contributed by atoms with van der Waals surface area (Å²) >= 11 is 0. The predicted octanol–water partition coefficient (Wildman–Crippen LogP) is 1.72. The lowest BCUT2D eigenvalue weighted by Gasteiger charge is -2.39. The van der Waals surface area contributed by atoms with Gasteiger partial charge >= 0.3 is 12.1 Å². The van der Waals surface area contributed by atoms with E-state index in [2.05, 4.69) is 0 Å². The zero-order chi connectivity index (χ0) is 12.5. The van der Waals surface area contributed by atoms with Crippen LogP contribution in [0.5, 0.6) is 0 Å². The Hall–Kier alpha value is -1.26. The molecule has 0 atom stereocenters. The number of nitrogens with zero attached hydrogens (tertiary/aromatic N) is 1. The van der Waals surface area contributed by atoms with Crippen molar-refractivity contribution < 1.29 is 19.4 Å². The Morgan fingerprint density at radius 3 is 2.19 bits per heavy atom. The number of rotatable bonds is 2. The standard InChI is InChI=1S/C11H19NO4/c1-11(2,3)16-10(15)12(4)8-5-7(6-8)9(13)14/h7-8H,5-6H2,1-4H3,(H,13,14). The van der Waals surface area contributed by atoms with E-state index in [1.165, 1.54) is 4.90 Å². The number of carbonyl (C=O) groups excluding carboxylic acids is 1. The van der Waals surface area contributed by atoms with Gasteiger partial charge in [0.25, 0.3) is 0 Å². The van der Waals surface area contributed by atoms with E-state index < -0.39 is 11.6 Å². The Balaban J connectivity index is 2.40. The van der Waals surface area contributed by atoms with E-state index in [0.717, 1.165) is 0 Å². The molecule has 16 heavy (non-hydrogen) atoms. The molecule has 1 aliphatic rings. The minimum Gasteiger partial charge on any atom is -0.481 e. The van der Waals surface area contributed by atoms with Crippen molar-refractivity contribution in [1.82, 2.24) is 4.90 Å². The molecule has 5 heteroatoms. The van der Waals surface area contributed by atoms with Gasteiger partial charge in [-0.3, -0.25) is 4.79 Å². The maximum Gasteiger partial charge on any atom is 0.410 e. The van der Waals surface area contributed by atoms with Gasteiger partial charge in [-0.2, -0.15) is 0 Å². The van der Waals surface area contributed by atoms with Crippen LogP contribution in [0.1, 0.15) is 33.6 Å². The number of hydrogen-bond donors (Lipinski definition) is 1. The Kier molecular flexibility index (Phi) is 3.45. The van der Waals surface area contributed by atoms with Crippen LogP contribution in [0.25, 0.3) is 0 Å². The molecule has 1 rings (SSSR count). The van der Waals surface area contributed by atoms with Crippen LogP contribution in [-0.4, -0.2) is 40.8 Å². The first kappa shape index (κ1) is 12.8. The second-order valence-corrected chi connectivity index (χ2v) is 5.25. The molecule has 0 radical (unpaired) electrons. The third kappa shape index (κ3) is 3.12. The number of aliphatic carboxylic acids is 1. The number of carboxylic acid groups (broad SMARTS) is 1. The average Bonchev–Trinajstić information content (AvgIpc) is 1.96. The molecule has 1 saturated carbocycles. The Bertz CT molecular complexity index is 289. The zero-order valence-electron chi connectivity index (χ0n) is 10.2. The maximum absolute atomic E-state index is 11.6. The van der Waals surface area contributed by atoms with Crippen LogP contribution in [0.3, 0.4) is 0 Å². The van der Waals surface area contributed by atoms with E-state index in [-0.39, 0.29) is 18.1 Å². The molecule has 92 valence electrons. The summed E-state index contributed by atoms with van der Waals surface area (Å²) in [6.07, 6.45) is 0.650. The SMILES string of the molecule is CN(C(=O)OC(C)(C)C)C1CC(C(=O)O)C1. The van der Waals surface area contributed by atoms with Gasteiger partial charge in [0, 0.05) is 13.1 Å². The van der Waals surface area contributed by atoms with Gasteiger partial charge in [0.2, 0.25) is 0 Å². The highest BCUT2D eigenvalue weighted by molar-refractivity contribution is 5.73.